The van der Waals surface area contributed by atoms with Crippen LogP contribution in [0.3, 0.4) is 0 Å². The van der Waals surface area contributed by atoms with Crippen molar-refractivity contribution in [3.8, 4) is 33.4 Å². The first-order chi connectivity index (χ1) is 29.7. The van der Waals surface area contributed by atoms with Crippen LogP contribution < -0.4 is 4.90 Å². The highest BCUT2D eigenvalue weighted by molar-refractivity contribution is 6.08. The number of furan rings is 2. The van der Waals surface area contributed by atoms with Gasteiger partial charge >= 0.3 is 5.88 Å². The monoisotopic (exact) mass is 770 g/mol. The van der Waals surface area contributed by atoms with Gasteiger partial charge in [-0.3, -0.25) is 0 Å². The van der Waals surface area contributed by atoms with E-state index in [1.54, 1.807) is 0 Å². The zero-order valence-electron chi connectivity index (χ0n) is 32.9. The quantitative estimate of drug-likeness (QED) is 0.167. The maximum absolute atomic E-state index is 6.94. The molecule has 0 saturated carbocycles. The number of hydrogen-bond donors (Lipinski definition) is 1. The largest absolute Gasteiger partial charge is 0.456 e. The minimum Gasteiger partial charge on any atom is -0.456 e. The summed E-state index contributed by atoms with van der Waals surface area (Å²) in [6.45, 7) is 0. The Morgan fingerprint density at radius 1 is 0.400 bits per heavy atom. The zero-order chi connectivity index (χ0) is 39.6. The molecule has 60 heavy (non-hydrogen) atoms. The summed E-state index contributed by atoms with van der Waals surface area (Å²) in [4.78, 5) is 1.16. The third kappa shape index (κ3) is 5.70. The normalized spacial score (nSPS) is 13.9. The summed E-state index contributed by atoms with van der Waals surface area (Å²) in [6, 6.07) is 74.5. The van der Waals surface area contributed by atoms with Gasteiger partial charge in [-0.05, 0) is 87.2 Å². The van der Waals surface area contributed by atoms with Gasteiger partial charge in [0.15, 0.2) is 5.69 Å². The van der Waals surface area contributed by atoms with Crippen LogP contribution in [0.25, 0.3) is 77.1 Å². The van der Waals surface area contributed by atoms with Crippen molar-refractivity contribution in [2.75, 3.05) is 0 Å². The molecular weight excluding hydrogens is 731 g/mol. The Morgan fingerprint density at radius 2 is 0.983 bits per heavy atom. The molecule has 12 rings (SSSR count). The van der Waals surface area contributed by atoms with Crippen LogP contribution in [0, 0.1) is 0 Å². The molecular formula is C57H40NO2+. The number of nitrogens with one attached hydrogen (secondary N) is 1. The molecule has 3 heteroatoms. The van der Waals surface area contributed by atoms with Crippen molar-refractivity contribution >= 4 is 60.9 Å². The number of quaternary nitrogens is 1. The van der Waals surface area contributed by atoms with Crippen molar-refractivity contribution in [2.24, 2.45) is 0 Å². The van der Waals surface area contributed by atoms with Crippen molar-refractivity contribution in [1.82, 2.24) is 0 Å². The van der Waals surface area contributed by atoms with E-state index in [0.717, 1.165) is 62.3 Å². The second-order valence-corrected chi connectivity index (χ2v) is 16.1. The maximum atomic E-state index is 6.94. The topological polar surface area (TPSA) is 30.7 Å². The fourth-order valence-corrected chi connectivity index (χ4v) is 9.79. The summed E-state index contributed by atoms with van der Waals surface area (Å²) < 4.78 is 13.6. The number of benzene rings is 9. The highest BCUT2D eigenvalue weighted by Gasteiger charge is 2.39. The molecule has 0 aliphatic carbocycles. The van der Waals surface area contributed by atoms with Crippen LogP contribution in [0.15, 0.2) is 215 Å². The zero-order valence-corrected chi connectivity index (χ0v) is 32.9. The summed E-state index contributed by atoms with van der Waals surface area (Å²) in [7, 11) is 0. The highest BCUT2D eigenvalue weighted by Crippen LogP contribution is 2.47. The first-order valence-electron chi connectivity index (χ1n) is 20.9. The third-order valence-electron chi connectivity index (χ3n) is 12.6. The number of fused-ring (bicyclic) bond motifs is 9. The van der Waals surface area contributed by atoms with E-state index in [9.17, 15) is 0 Å². The van der Waals surface area contributed by atoms with Crippen LogP contribution in [-0.2, 0) is 12.8 Å². The molecule has 9 aromatic carbocycles. The smallest absolute Gasteiger partial charge is 0.314 e. The molecule has 1 aliphatic rings. The first-order valence-corrected chi connectivity index (χ1v) is 20.9. The lowest BCUT2D eigenvalue weighted by Gasteiger charge is -2.19. The summed E-state index contributed by atoms with van der Waals surface area (Å²) in [5.74, 6) is 1.14. The summed E-state index contributed by atoms with van der Waals surface area (Å²) in [5, 5.41) is 6.01. The summed E-state index contributed by atoms with van der Waals surface area (Å²) >= 11 is 0. The second kappa shape index (κ2) is 14.1. The Bertz CT molecular complexity index is 3370. The van der Waals surface area contributed by atoms with Crippen molar-refractivity contribution in [1.29, 1.82) is 0 Å². The summed E-state index contributed by atoms with van der Waals surface area (Å²) in [6.07, 6.45) is 1.75. The molecule has 2 aromatic heterocycles. The molecule has 0 spiro atoms. The number of rotatable bonds is 8. The van der Waals surface area contributed by atoms with Gasteiger partial charge in [-0.25, -0.2) is 4.90 Å². The van der Waals surface area contributed by atoms with E-state index in [2.05, 4.69) is 206 Å². The predicted molar refractivity (Wildman–Crippen MR) is 247 cm³/mol. The fraction of sp³-hybridized carbons (Fsp3) is 0.0526. The van der Waals surface area contributed by atoms with E-state index in [1.807, 2.05) is 0 Å². The van der Waals surface area contributed by atoms with Crippen molar-refractivity contribution in [3.63, 3.8) is 0 Å². The average Bonchev–Trinajstić information content (AvgIpc) is 3.99. The van der Waals surface area contributed by atoms with Crippen LogP contribution in [-0.4, -0.2) is 0 Å². The Hall–Kier alpha value is -7.46. The van der Waals surface area contributed by atoms with E-state index < -0.39 is 0 Å². The second-order valence-electron chi connectivity index (χ2n) is 16.1. The number of hydrogen-bond acceptors (Lipinski definition) is 2. The van der Waals surface area contributed by atoms with Gasteiger partial charge in [0, 0.05) is 27.8 Å². The highest BCUT2D eigenvalue weighted by atomic mass is 16.4. The van der Waals surface area contributed by atoms with Gasteiger partial charge in [0.25, 0.3) is 0 Å². The standard InChI is InChI=1S/C57H39NO2/c1-2-15-43(16-3-1)58-52-25-8-6-19-50(52)54-51-24-12-21-46(56(51)60-57(54)58)41-33-29-38(30-34-41)36-42(47-22-11-23-49-48-18-7-9-26-53(48)59-55(47)49)35-37-27-31-40(32-28-37)45-20-10-14-39-13-4-5-17-44(39)45/h1-34,42H,35-36H2/p+1. The van der Waals surface area contributed by atoms with Gasteiger partial charge in [-0.15, -0.1) is 0 Å². The molecule has 2 unspecified atom stereocenters. The fourth-order valence-electron chi connectivity index (χ4n) is 9.79. The van der Waals surface area contributed by atoms with E-state index in [-0.39, 0.29) is 5.92 Å². The van der Waals surface area contributed by atoms with Gasteiger partial charge in [-0.1, -0.05) is 176 Å². The molecule has 1 aliphatic heterocycles. The van der Waals surface area contributed by atoms with Crippen LogP contribution in [0.1, 0.15) is 22.6 Å². The van der Waals surface area contributed by atoms with Crippen LogP contribution >= 0.6 is 0 Å². The average molecular weight is 771 g/mol. The minimum absolute atomic E-state index is 0.187. The molecule has 2 atom stereocenters. The van der Waals surface area contributed by atoms with E-state index >= 15 is 0 Å². The molecule has 284 valence electrons. The lowest BCUT2D eigenvalue weighted by Crippen LogP contribution is -2.95. The van der Waals surface area contributed by atoms with E-state index in [4.69, 9.17) is 8.83 Å². The Balaban J connectivity index is 0.903. The van der Waals surface area contributed by atoms with E-state index in [0.29, 0.717) is 0 Å². The van der Waals surface area contributed by atoms with Crippen LogP contribution in [0.2, 0.25) is 0 Å². The number of para-hydroxylation sites is 5. The first kappa shape index (κ1) is 34.6. The SMILES string of the molecule is c1ccc([NH+]2c3ccccc3-c3c2oc2c(-c4ccc(CC(Cc5ccc(-c6cccc7ccccc67)cc5)c5cccc6c5oc5ccccc56)cc4)cccc32)cc1. The molecule has 11 aromatic rings. The summed E-state index contributed by atoms with van der Waals surface area (Å²) in [5.41, 5.74) is 16.2. The third-order valence-corrected chi connectivity index (χ3v) is 12.6. The van der Waals surface area contributed by atoms with E-state index in [1.165, 1.54) is 66.5 Å². The molecule has 0 fully saturated rings. The molecule has 0 radical (unpaired) electrons. The maximum Gasteiger partial charge on any atom is 0.314 e. The van der Waals surface area contributed by atoms with Gasteiger partial charge < -0.3 is 8.83 Å². The van der Waals surface area contributed by atoms with Crippen molar-refractivity contribution < 1.29 is 13.7 Å². The van der Waals surface area contributed by atoms with Crippen LogP contribution in [0.5, 0.6) is 0 Å². The van der Waals surface area contributed by atoms with Gasteiger partial charge in [0.1, 0.15) is 28.0 Å². The Morgan fingerprint density at radius 3 is 1.80 bits per heavy atom. The van der Waals surface area contributed by atoms with Crippen molar-refractivity contribution in [3.05, 3.63) is 223 Å². The molecule has 0 amide bonds. The molecule has 3 heterocycles. The van der Waals surface area contributed by atoms with Crippen LogP contribution in [0.4, 0.5) is 17.3 Å². The Labute approximate surface area is 348 Å². The van der Waals surface area contributed by atoms with Gasteiger partial charge in [-0.2, -0.15) is 0 Å². The molecule has 0 saturated heterocycles. The Kier molecular flexibility index (Phi) is 8.14. The lowest BCUT2D eigenvalue weighted by molar-refractivity contribution is -0.687. The van der Waals surface area contributed by atoms with Gasteiger partial charge in [0.05, 0.1) is 5.56 Å². The predicted octanol–water partition coefficient (Wildman–Crippen LogP) is 14.5. The molecule has 0 bridgehead atoms. The lowest BCUT2D eigenvalue weighted by atomic mass is 9.85. The van der Waals surface area contributed by atoms with Crippen molar-refractivity contribution in [2.45, 2.75) is 18.8 Å². The molecule has 3 nitrogen and oxygen atoms in total. The minimum atomic E-state index is 0.187. The molecule has 1 N–H and O–H groups in total. The van der Waals surface area contributed by atoms with Gasteiger partial charge in [0.2, 0.25) is 0 Å².